The summed E-state index contributed by atoms with van der Waals surface area (Å²) in [5.74, 6) is 0. The van der Waals surface area contributed by atoms with E-state index in [-0.39, 0.29) is 6.61 Å². The lowest BCUT2D eigenvalue weighted by molar-refractivity contribution is 0.326. The van der Waals surface area contributed by atoms with Gasteiger partial charge in [0, 0.05) is 0 Å². The van der Waals surface area contributed by atoms with Gasteiger partial charge in [-0.1, -0.05) is 83.3 Å². The summed E-state index contributed by atoms with van der Waals surface area (Å²) in [6.07, 6.45) is 16.1. The Labute approximate surface area is 108 Å². The first-order valence-corrected chi connectivity index (χ1v) is 7.58. The van der Waals surface area contributed by atoms with Crippen LogP contribution in [0.4, 0.5) is 0 Å². The molecule has 0 atom stereocenters. The Balaban J connectivity index is 2.96. The molecule has 1 nitrogen and oxygen atoms in total. The molecule has 1 N–H and O–H groups in total. The quantitative estimate of drug-likeness (QED) is 0.345. The van der Waals surface area contributed by atoms with E-state index in [1.54, 1.807) is 0 Å². The lowest BCUT2D eigenvalue weighted by Crippen LogP contribution is -1.88. The summed E-state index contributed by atoms with van der Waals surface area (Å²) in [6.45, 7) is 6.24. The lowest BCUT2D eigenvalue weighted by atomic mass is 10.0. The normalized spacial score (nSPS) is 10.7. The highest BCUT2D eigenvalue weighted by Crippen LogP contribution is 2.13. The lowest BCUT2D eigenvalue weighted by Gasteiger charge is -2.03. The van der Waals surface area contributed by atoms with Crippen LogP contribution in [-0.2, 0) is 0 Å². The second-order valence-corrected chi connectivity index (χ2v) is 5.19. The molecule has 1 heteroatoms. The predicted molar refractivity (Wildman–Crippen MR) is 77.3 cm³/mol. The van der Waals surface area contributed by atoms with Crippen LogP contribution in [0.25, 0.3) is 0 Å². The molecular weight excluding hydrogens is 208 g/mol. The third-order valence-electron chi connectivity index (χ3n) is 3.36. The minimum atomic E-state index is 0.164. The Kier molecular flexibility index (Phi) is 13.5. The summed E-state index contributed by atoms with van der Waals surface area (Å²) in [4.78, 5) is 0. The first kappa shape index (κ1) is 16.7. The van der Waals surface area contributed by atoms with Crippen molar-refractivity contribution in [3.05, 3.63) is 12.2 Å². The predicted octanol–water partition coefficient (Wildman–Crippen LogP) is 5.24. The van der Waals surface area contributed by atoms with Gasteiger partial charge in [-0.25, -0.2) is 0 Å². The number of aliphatic hydroxyl groups is 1. The van der Waals surface area contributed by atoms with Crippen molar-refractivity contribution in [2.24, 2.45) is 0 Å². The molecule has 0 fully saturated rings. The van der Waals surface area contributed by atoms with Crippen molar-refractivity contribution in [1.82, 2.24) is 0 Å². The molecule has 0 saturated heterocycles. The van der Waals surface area contributed by atoms with Gasteiger partial charge in [0.25, 0.3) is 0 Å². The fraction of sp³-hybridized carbons (Fsp3) is 0.875. The molecule has 17 heavy (non-hydrogen) atoms. The van der Waals surface area contributed by atoms with E-state index >= 15 is 0 Å². The molecule has 0 spiro atoms. The van der Waals surface area contributed by atoms with Crippen LogP contribution in [0.1, 0.15) is 84.0 Å². The molecule has 0 amide bonds. The summed E-state index contributed by atoms with van der Waals surface area (Å²) < 4.78 is 0. The maximum atomic E-state index is 8.80. The monoisotopic (exact) mass is 240 g/mol. The van der Waals surface area contributed by atoms with Crippen LogP contribution in [0.3, 0.4) is 0 Å². The smallest absolute Gasteiger partial charge is 0.0639 e. The van der Waals surface area contributed by atoms with Gasteiger partial charge in [0.1, 0.15) is 0 Å². The highest BCUT2D eigenvalue weighted by molar-refractivity contribution is 4.92. The number of rotatable bonds is 13. The molecule has 0 bridgehead atoms. The Hall–Kier alpha value is -0.300. The van der Waals surface area contributed by atoms with Gasteiger partial charge in [-0.3, -0.25) is 0 Å². The van der Waals surface area contributed by atoms with E-state index in [0.717, 1.165) is 12.0 Å². The number of hydrogen-bond acceptors (Lipinski definition) is 1. The van der Waals surface area contributed by atoms with Crippen molar-refractivity contribution in [2.75, 3.05) is 6.61 Å². The molecule has 0 radical (unpaired) electrons. The van der Waals surface area contributed by atoms with Crippen LogP contribution >= 0.6 is 0 Å². The van der Waals surface area contributed by atoms with Crippen molar-refractivity contribution >= 4 is 0 Å². The summed E-state index contributed by atoms with van der Waals surface area (Å²) in [5.41, 5.74) is 0.987. The first-order valence-electron chi connectivity index (χ1n) is 7.58. The molecule has 0 aromatic rings. The number of aliphatic hydroxyl groups excluding tert-OH is 1. The zero-order valence-electron chi connectivity index (χ0n) is 11.8. The zero-order chi connectivity index (χ0) is 12.8. The van der Waals surface area contributed by atoms with Crippen molar-refractivity contribution in [1.29, 1.82) is 0 Å². The van der Waals surface area contributed by atoms with Gasteiger partial charge >= 0.3 is 0 Å². The fourth-order valence-electron chi connectivity index (χ4n) is 2.12. The summed E-state index contributed by atoms with van der Waals surface area (Å²) in [7, 11) is 0. The molecule has 0 aromatic carbocycles. The largest absolute Gasteiger partial charge is 0.392 e. The molecule has 0 aliphatic heterocycles. The van der Waals surface area contributed by atoms with Gasteiger partial charge in [-0.2, -0.15) is 0 Å². The van der Waals surface area contributed by atoms with Crippen LogP contribution in [0.2, 0.25) is 0 Å². The summed E-state index contributed by atoms with van der Waals surface area (Å²) in [6, 6.07) is 0. The topological polar surface area (TPSA) is 20.2 Å². The molecule has 0 saturated carbocycles. The Morgan fingerprint density at radius 2 is 1.18 bits per heavy atom. The van der Waals surface area contributed by atoms with Crippen molar-refractivity contribution in [3.8, 4) is 0 Å². The third-order valence-corrected chi connectivity index (χ3v) is 3.36. The summed E-state index contributed by atoms with van der Waals surface area (Å²) in [5, 5.41) is 8.80. The zero-order valence-corrected chi connectivity index (χ0v) is 11.8. The second kappa shape index (κ2) is 13.8. The van der Waals surface area contributed by atoms with E-state index in [2.05, 4.69) is 13.5 Å². The minimum Gasteiger partial charge on any atom is -0.392 e. The van der Waals surface area contributed by atoms with Gasteiger partial charge in [0.05, 0.1) is 6.61 Å². The molecule has 0 heterocycles. The molecule has 0 aromatic heterocycles. The van der Waals surface area contributed by atoms with E-state index in [4.69, 9.17) is 5.11 Å². The van der Waals surface area contributed by atoms with Crippen LogP contribution in [0.5, 0.6) is 0 Å². The SMILES string of the molecule is C=C(CO)CCCCCCCCCCCCC. The standard InChI is InChI=1S/C16H32O/c1-3-4-5-6-7-8-9-10-11-12-13-14-16(2)15-17/h17H,2-15H2,1H3. The Morgan fingerprint density at radius 1 is 0.765 bits per heavy atom. The van der Waals surface area contributed by atoms with Gasteiger partial charge in [0.15, 0.2) is 0 Å². The second-order valence-electron chi connectivity index (χ2n) is 5.19. The molecular formula is C16H32O. The third kappa shape index (κ3) is 13.6. The van der Waals surface area contributed by atoms with E-state index < -0.39 is 0 Å². The van der Waals surface area contributed by atoms with Gasteiger partial charge in [-0.15, -0.1) is 0 Å². The van der Waals surface area contributed by atoms with Crippen molar-refractivity contribution in [3.63, 3.8) is 0 Å². The molecule has 102 valence electrons. The maximum Gasteiger partial charge on any atom is 0.0639 e. The highest BCUT2D eigenvalue weighted by Gasteiger charge is 1.94. The van der Waals surface area contributed by atoms with Crippen LogP contribution in [0.15, 0.2) is 12.2 Å². The van der Waals surface area contributed by atoms with E-state index in [0.29, 0.717) is 0 Å². The molecule has 0 aliphatic rings. The maximum absolute atomic E-state index is 8.80. The molecule has 0 unspecified atom stereocenters. The number of hydrogen-bond donors (Lipinski definition) is 1. The van der Waals surface area contributed by atoms with Gasteiger partial charge in [-0.05, 0) is 12.8 Å². The fourth-order valence-corrected chi connectivity index (χ4v) is 2.12. The van der Waals surface area contributed by atoms with Crippen LogP contribution in [-0.4, -0.2) is 11.7 Å². The van der Waals surface area contributed by atoms with Gasteiger partial charge in [0.2, 0.25) is 0 Å². The molecule has 0 aliphatic carbocycles. The highest BCUT2D eigenvalue weighted by atomic mass is 16.3. The van der Waals surface area contributed by atoms with E-state index in [1.807, 2.05) is 0 Å². The van der Waals surface area contributed by atoms with E-state index in [1.165, 1.54) is 70.6 Å². The van der Waals surface area contributed by atoms with Gasteiger partial charge < -0.3 is 5.11 Å². The average molecular weight is 240 g/mol. The summed E-state index contributed by atoms with van der Waals surface area (Å²) >= 11 is 0. The molecule has 0 rings (SSSR count). The first-order chi connectivity index (χ1) is 8.31. The minimum absolute atomic E-state index is 0.164. The van der Waals surface area contributed by atoms with E-state index in [9.17, 15) is 0 Å². The van der Waals surface area contributed by atoms with Crippen molar-refractivity contribution in [2.45, 2.75) is 84.0 Å². The van der Waals surface area contributed by atoms with Crippen LogP contribution in [0, 0.1) is 0 Å². The van der Waals surface area contributed by atoms with Crippen molar-refractivity contribution < 1.29 is 5.11 Å². The Morgan fingerprint density at radius 3 is 1.59 bits per heavy atom. The Bertz CT molecular complexity index is 163. The number of unbranched alkanes of at least 4 members (excludes halogenated alkanes) is 10. The average Bonchev–Trinajstić information content (AvgIpc) is 2.35. The van der Waals surface area contributed by atoms with Crippen LogP contribution < -0.4 is 0 Å².